The zero-order valence-electron chi connectivity index (χ0n) is 36.9. The van der Waals surface area contributed by atoms with Crippen molar-refractivity contribution in [3.05, 3.63) is 142 Å². The number of fused-ring (bicyclic) bond motifs is 6. The minimum Gasteiger partial charge on any atom is -0.309 e. The lowest BCUT2D eigenvalue weighted by Gasteiger charge is -2.25. The number of aromatic nitrogens is 2. The van der Waals surface area contributed by atoms with Crippen molar-refractivity contribution in [2.45, 2.75) is 111 Å². The highest BCUT2D eigenvalue weighted by atomic mass is 19.4. The number of nitrogens with zero attached hydrogens (tertiary/aromatic N) is 2. The van der Waals surface area contributed by atoms with Gasteiger partial charge < -0.3 is 9.13 Å². The van der Waals surface area contributed by atoms with E-state index in [9.17, 15) is 0 Å². The van der Waals surface area contributed by atoms with Crippen molar-refractivity contribution in [2.75, 3.05) is 0 Å². The van der Waals surface area contributed by atoms with E-state index in [0.29, 0.717) is 28.1 Å². The van der Waals surface area contributed by atoms with Gasteiger partial charge in [-0.05, 0) is 91.9 Å². The summed E-state index contributed by atoms with van der Waals surface area (Å²) in [6.45, 7) is 24.5. The fourth-order valence-corrected chi connectivity index (χ4v) is 8.60. The van der Waals surface area contributed by atoms with Crippen LogP contribution in [-0.2, 0) is 27.8 Å². The van der Waals surface area contributed by atoms with Gasteiger partial charge in [0.05, 0.1) is 33.4 Å². The van der Waals surface area contributed by atoms with Gasteiger partial charge in [-0.1, -0.05) is 132 Å². The first-order valence-corrected chi connectivity index (χ1v) is 20.7. The first-order valence-electron chi connectivity index (χ1n) is 20.7. The lowest BCUT2D eigenvalue weighted by molar-refractivity contribution is -0.137. The molecule has 0 saturated heterocycles. The molecule has 8 heteroatoms. The molecule has 0 radical (unpaired) electrons. The number of hydrogen-bond donors (Lipinski definition) is 0. The van der Waals surface area contributed by atoms with E-state index in [1.807, 2.05) is 156 Å². The smallest absolute Gasteiger partial charge is 0.309 e. The van der Waals surface area contributed by atoms with E-state index < -0.39 is 34.8 Å². The maximum absolute atomic E-state index is 16.7. The summed E-state index contributed by atoms with van der Waals surface area (Å²) >= 11 is 0. The van der Waals surface area contributed by atoms with Gasteiger partial charge in [-0.3, -0.25) is 0 Å². The molecule has 0 N–H and O–H groups in total. The van der Waals surface area contributed by atoms with E-state index in [1.54, 1.807) is 9.13 Å². The molecule has 2 aromatic heterocycles. The highest BCUT2D eigenvalue weighted by Gasteiger charge is 2.40. The first kappa shape index (κ1) is 42.2. The quantitative estimate of drug-likeness (QED) is 0.124. The zero-order chi connectivity index (χ0) is 44.5. The Kier molecular flexibility index (Phi) is 9.51. The topological polar surface area (TPSA) is 9.86 Å². The largest absolute Gasteiger partial charge is 0.420 e. The van der Waals surface area contributed by atoms with Crippen molar-refractivity contribution in [1.29, 1.82) is 0 Å². The molecule has 0 aliphatic heterocycles. The molecular formula is C53H52F6N2. The number of halogens is 6. The summed E-state index contributed by atoms with van der Waals surface area (Å²) in [6, 6.07) is 27.2. The lowest BCUT2D eigenvalue weighted by Crippen LogP contribution is -2.17. The second kappa shape index (κ2) is 13.8. The van der Waals surface area contributed by atoms with E-state index in [-0.39, 0.29) is 38.6 Å². The van der Waals surface area contributed by atoms with E-state index in [1.165, 1.54) is 12.1 Å². The number of rotatable bonds is 3. The summed E-state index contributed by atoms with van der Waals surface area (Å²) in [6.07, 6.45) is -4.99. The van der Waals surface area contributed by atoms with Crippen LogP contribution < -0.4 is 0 Å². The number of hydrogen-bond acceptors (Lipinski definition) is 0. The van der Waals surface area contributed by atoms with Crippen LogP contribution in [-0.4, -0.2) is 9.13 Å². The molecule has 0 saturated carbocycles. The van der Waals surface area contributed by atoms with Crippen molar-refractivity contribution in [3.8, 4) is 22.5 Å². The Bertz CT molecular complexity index is 2760. The highest BCUT2D eigenvalue weighted by Crippen LogP contribution is 2.48. The fraction of sp³-hybridized carbons (Fsp3) is 0.321. The predicted octanol–water partition coefficient (Wildman–Crippen LogP) is 16.2. The van der Waals surface area contributed by atoms with Gasteiger partial charge in [0.2, 0.25) is 0 Å². The van der Waals surface area contributed by atoms with Gasteiger partial charge in [0.1, 0.15) is 11.4 Å². The summed E-state index contributed by atoms with van der Waals surface area (Å²) < 4.78 is 99.8. The minimum absolute atomic E-state index is 0.114. The summed E-state index contributed by atoms with van der Waals surface area (Å²) in [5.74, 6) is -3.86. The molecule has 6 aromatic carbocycles. The molecule has 2 nitrogen and oxygen atoms in total. The molecule has 0 amide bonds. The van der Waals surface area contributed by atoms with Crippen molar-refractivity contribution >= 4 is 43.6 Å². The molecule has 0 fully saturated rings. The molecule has 0 aliphatic rings. The molecule has 0 unspecified atom stereocenters. The highest BCUT2D eigenvalue weighted by molar-refractivity contribution is 6.11. The fourth-order valence-electron chi connectivity index (χ4n) is 8.60. The molecule has 8 rings (SSSR count). The normalized spacial score (nSPS) is 13.4. The zero-order valence-corrected chi connectivity index (χ0v) is 36.9. The summed E-state index contributed by atoms with van der Waals surface area (Å²) in [5, 5.41) is 2.92. The molecule has 2 heterocycles. The van der Waals surface area contributed by atoms with Crippen LogP contribution >= 0.6 is 0 Å². The third-order valence-electron chi connectivity index (χ3n) is 12.2. The van der Waals surface area contributed by atoms with Gasteiger partial charge in [0.15, 0.2) is 11.6 Å². The van der Waals surface area contributed by atoms with E-state index >= 15 is 26.3 Å². The molecule has 8 aromatic rings. The van der Waals surface area contributed by atoms with Crippen LogP contribution in [0.5, 0.6) is 0 Å². The minimum atomic E-state index is -4.99. The van der Waals surface area contributed by atoms with Gasteiger partial charge in [0.25, 0.3) is 0 Å². The van der Waals surface area contributed by atoms with Crippen LogP contribution in [0, 0.1) is 17.5 Å². The van der Waals surface area contributed by atoms with Gasteiger partial charge in [-0.25, -0.2) is 13.2 Å². The molecule has 0 spiro atoms. The standard InChI is InChI=1S/C53H52F6N2/c1-49(2,3)30-13-17-35-36-18-14-31(50(4,5)6)24-42(36)60(41(35)23-30)45-21-29(39-27-34(54)28-40(55)48(39)56)22-46(47(45)53(57,58)59)61-43-25-32(51(7,8)9)15-19-37(43)38-20-16-33(26-44(38)61)52(10,11)12/h13-28H,1-12H3. The van der Waals surface area contributed by atoms with Crippen LogP contribution in [0.25, 0.3) is 66.1 Å². The monoisotopic (exact) mass is 830 g/mol. The Morgan fingerprint density at radius 1 is 0.393 bits per heavy atom. The van der Waals surface area contributed by atoms with Crippen molar-refractivity contribution < 1.29 is 26.3 Å². The third kappa shape index (κ3) is 7.19. The first-order chi connectivity index (χ1) is 28.1. The predicted molar refractivity (Wildman–Crippen MR) is 240 cm³/mol. The molecular weight excluding hydrogens is 779 g/mol. The number of benzene rings is 6. The Morgan fingerprint density at radius 3 is 0.984 bits per heavy atom. The SMILES string of the molecule is CC(C)(C)c1ccc2c3ccc(C(C)(C)C)cc3n(-c3cc(-c4cc(F)cc(F)c4F)cc(-n4c5cc(C(C)(C)C)ccc5c5ccc(C(C)(C)C)cc54)c3C(F)(F)F)c2c1. The van der Waals surface area contributed by atoms with Crippen LogP contribution in [0.15, 0.2) is 97.1 Å². The van der Waals surface area contributed by atoms with Crippen LogP contribution in [0.2, 0.25) is 0 Å². The number of alkyl halides is 3. The van der Waals surface area contributed by atoms with Gasteiger partial charge >= 0.3 is 6.18 Å². The maximum Gasteiger partial charge on any atom is 0.420 e. The summed E-state index contributed by atoms with van der Waals surface area (Å²) in [5.41, 5.74) is 2.00. The van der Waals surface area contributed by atoms with E-state index in [0.717, 1.165) is 49.9 Å². The summed E-state index contributed by atoms with van der Waals surface area (Å²) in [7, 11) is 0. The Morgan fingerprint density at radius 2 is 0.705 bits per heavy atom. The van der Waals surface area contributed by atoms with Gasteiger partial charge in [0, 0.05) is 33.2 Å². The van der Waals surface area contributed by atoms with Gasteiger partial charge in [-0.2, -0.15) is 13.2 Å². The second-order valence-corrected chi connectivity index (χ2v) is 20.7. The summed E-state index contributed by atoms with van der Waals surface area (Å²) in [4.78, 5) is 0. The van der Waals surface area contributed by atoms with Gasteiger partial charge in [-0.15, -0.1) is 0 Å². The average molecular weight is 831 g/mol. The molecule has 0 aliphatic carbocycles. The van der Waals surface area contributed by atoms with Crippen LogP contribution in [0.1, 0.15) is 111 Å². The van der Waals surface area contributed by atoms with Crippen molar-refractivity contribution in [3.63, 3.8) is 0 Å². The van der Waals surface area contributed by atoms with Crippen LogP contribution in [0.4, 0.5) is 26.3 Å². The Balaban J connectivity index is 1.67. The molecule has 0 atom stereocenters. The van der Waals surface area contributed by atoms with Crippen molar-refractivity contribution in [1.82, 2.24) is 9.13 Å². The molecule has 316 valence electrons. The van der Waals surface area contributed by atoms with E-state index in [4.69, 9.17) is 0 Å². The Hall–Kier alpha value is -5.50. The van der Waals surface area contributed by atoms with Crippen LogP contribution in [0.3, 0.4) is 0 Å². The van der Waals surface area contributed by atoms with E-state index in [2.05, 4.69) is 0 Å². The van der Waals surface area contributed by atoms with Crippen molar-refractivity contribution in [2.24, 2.45) is 0 Å². The lowest BCUT2D eigenvalue weighted by atomic mass is 9.86. The maximum atomic E-state index is 16.7. The third-order valence-corrected chi connectivity index (χ3v) is 12.2. The average Bonchev–Trinajstić information content (AvgIpc) is 3.65. The molecule has 0 bridgehead atoms. The Labute approximate surface area is 353 Å². The second-order valence-electron chi connectivity index (χ2n) is 20.7. The molecule has 61 heavy (non-hydrogen) atoms.